The van der Waals surface area contributed by atoms with E-state index in [-0.39, 0.29) is 0 Å². The van der Waals surface area contributed by atoms with Gasteiger partial charge in [-0.25, -0.2) is 0 Å². The Morgan fingerprint density at radius 2 is 1.92 bits per heavy atom. The number of nitrogens with zero attached hydrogens (tertiary/aromatic N) is 1. The van der Waals surface area contributed by atoms with E-state index in [9.17, 15) is 0 Å². The molecule has 0 aliphatic heterocycles. The molecule has 2 nitrogen and oxygen atoms in total. The van der Waals surface area contributed by atoms with Gasteiger partial charge in [0.25, 0.3) is 0 Å². The molecule has 0 aliphatic rings. The van der Waals surface area contributed by atoms with Crippen LogP contribution in [0.5, 0.6) is 0 Å². The Balaban J connectivity index is 3.08. The zero-order chi connectivity index (χ0) is 10.0. The van der Waals surface area contributed by atoms with Crippen LogP contribution in [0.2, 0.25) is 0 Å². The number of hydrogen-bond donors (Lipinski definition) is 1. The molecule has 0 saturated carbocycles. The predicted octanol–water partition coefficient (Wildman–Crippen LogP) is 2.00. The molecule has 0 bridgehead atoms. The van der Waals surface area contributed by atoms with Crippen LogP contribution in [0.25, 0.3) is 0 Å². The predicted molar refractivity (Wildman–Crippen MR) is 56.9 cm³/mol. The molecule has 0 amide bonds. The second kappa shape index (κ2) is 3.57. The fourth-order valence-corrected chi connectivity index (χ4v) is 1.52. The topological polar surface area (TPSA) is 17.0 Å². The quantitative estimate of drug-likeness (QED) is 0.682. The summed E-state index contributed by atoms with van der Waals surface area (Å²) in [6, 6.07) is 0. The second-order valence-electron chi connectivity index (χ2n) is 3.29. The van der Waals surface area contributed by atoms with E-state index >= 15 is 0 Å². The third kappa shape index (κ3) is 1.55. The smallest absolute Gasteiger partial charge is 0.0764 e. The van der Waals surface area contributed by atoms with Gasteiger partial charge in [-0.15, -0.1) is 6.42 Å². The maximum Gasteiger partial charge on any atom is 0.0764 e. The molecule has 2 heteroatoms. The van der Waals surface area contributed by atoms with Crippen LogP contribution in [-0.2, 0) is 7.05 Å². The minimum absolute atomic E-state index is 0.588. The lowest BCUT2D eigenvalue weighted by Gasteiger charge is -2.03. The summed E-state index contributed by atoms with van der Waals surface area (Å²) in [6.07, 6.45) is 5.20. The van der Waals surface area contributed by atoms with Gasteiger partial charge in [-0.3, -0.25) is 0 Å². The Bertz CT molecular complexity index is 328. The fraction of sp³-hybridized carbons (Fsp3) is 0.455. The molecular formula is C11H16N2. The highest BCUT2D eigenvalue weighted by Crippen LogP contribution is 2.24. The summed E-state index contributed by atoms with van der Waals surface area (Å²) >= 11 is 0. The summed E-state index contributed by atoms with van der Waals surface area (Å²) < 4.78 is 2.17. The highest BCUT2D eigenvalue weighted by molar-refractivity contribution is 5.58. The molecule has 1 N–H and O–H groups in total. The zero-order valence-corrected chi connectivity index (χ0v) is 8.73. The summed E-state index contributed by atoms with van der Waals surface area (Å²) in [7, 11) is 2.07. The molecule has 0 atom stereocenters. The van der Waals surface area contributed by atoms with Gasteiger partial charge >= 0.3 is 0 Å². The van der Waals surface area contributed by atoms with Gasteiger partial charge in [0, 0.05) is 18.4 Å². The van der Waals surface area contributed by atoms with E-state index in [0.29, 0.717) is 6.54 Å². The molecule has 0 unspecified atom stereocenters. The molecule has 0 aliphatic carbocycles. The Labute approximate surface area is 80.0 Å². The molecular weight excluding hydrogens is 160 g/mol. The lowest BCUT2D eigenvalue weighted by atomic mass is 10.2. The van der Waals surface area contributed by atoms with Gasteiger partial charge in [-0.2, -0.15) is 0 Å². The molecule has 0 aromatic carbocycles. The average molecular weight is 176 g/mol. The molecule has 1 rings (SSSR count). The first-order chi connectivity index (χ1) is 6.09. The van der Waals surface area contributed by atoms with Crippen molar-refractivity contribution in [2.24, 2.45) is 7.05 Å². The Morgan fingerprint density at radius 3 is 2.31 bits per heavy atom. The van der Waals surface area contributed by atoms with Gasteiger partial charge in [-0.05, 0) is 26.3 Å². The SMILES string of the molecule is C#CCNc1c(C)c(C)n(C)c1C. The number of nitrogens with one attached hydrogen (secondary N) is 1. The van der Waals surface area contributed by atoms with Gasteiger partial charge in [0.1, 0.15) is 0 Å². The van der Waals surface area contributed by atoms with Crippen molar-refractivity contribution >= 4 is 5.69 Å². The maximum atomic E-state index is 5.20. The molecule has 0 saturated heterocycles. The first-order valence-corrected chi connectivity index (χ1v) is 4.39. The number of hydrogen-bond acceptors (Lipinski definition) is 1. The van der Waals surface area contributed by atoms with Crippen molar-refractivity contribution in [2.45, 2.75) is 20.8 Å². The molecule has 13 heavy (non-hydrogen) atoms. The first-order valence-electron chi connectivity index (χ1n) is 4.39. The van der Waals surface area contributed by atoms with Crippen molar-refractivity contribution in [3.63, 3.8) is 0 Å². The van der Waals surface area contributed by atoms with Crippen LogP contribution < -0.4 is 5.32 Å². The lowest BCUT2D eigenvalue weighted by molar-refractivity contribution is 0.841. The minimum Gasteiger partial charge on any atom is -0.372 e. The zero-order valence-electron chi connectivity index (χ0n) is 8.73. The summed E-state index contributed by atoms with van der Waals surface area (Å²) in [5.74, 6) is 2.58. The van der Waals surface area contributed by atoms with Gasteiger partial charge < -0.3 is 9.88 Å². The summed E-state index contributed by atoms with van der Waals surface area (Å²) in [4.78, 5) is 0. The summed E-state index contributed by atoms with van der Waals surface area (Å²) in [5.41, 5.74) is 5.00. The first kappa shape index (κ1) is 9.73. The molecule has 1 aromatic rings. The van der Waals surface area contributed by atoms with E-state index in [2.05, 4.69) is 43.6 Å². The van der Waals surface area contributed by atoms with E-state index < -0.39 is 0 Å². The minimum atomic E-state index is 0.588. The van der Waals surface area contributed by atoms with Crippen LogP contribution in [0.15, 0.2) is 0 Å². The van der Waals surface area contributed by atoms with Gasteiger partial charge in [0.05, 0.1) is 12.2 Å². The third-order valence-corrected chi connectivity index (χ3v) is 2.65. The molecule has 0 radical (unpaired) electrons. The number of anilines is 1. The van der Waals surface area contributed by atoms with Crippen molar-refractivity contribution in [1.29, 1.82) is 0 Å². The standard InChI is InChI=1S/C11H16N2/c1-6-7-12-11-8(2)9(3)13(5)10(11)4/h1,12H,7H2,2-5H3. The van der Waals surface area contributed by atoms with Crippen molar-refractivity contribution in [1.82, 2.24) is 4.57 Å². The largest absolute Gasteiger partial charge is 0.372 e. The fourth-order valence-electron chi connectivity index (χ4n) is 1.52. The van der Waals surface area contributed by atoms with Crippen LogP contribution in [0.1, 0.15) is 17.0 Å². The summed E-state index contributed by atoms with van der Waals surface area (Å²) in [6.45, 7) is 6.91. The number of aromatic nitrogens is 1. The second-order valence-corrected chi connectivity index (χ2v) is 3.29. The van der Waals surface area contributed by atoms with Gasteiger partial charge in [-0.1, -0.05) is 5.92 Å². The van der Waals surface area contributed by atoms with E-state index in [1.807, 2.05) is 0 Å². The molecule has 0 fully saturated rings. The Morgan fingerprint density at radius 1 is 1.31 bits per heavy atom. The number of terminal acetylenes is 1. The van der Waals surface area contributed by atoms with Crippen LogP contribution in [0.3, 0.4) is 0 Å². The maximum absolute atomic E-state index is 5.20. The highest BCUT2D eigenvalue weighted by Gasteiger charge is 2.10. The number of rotatable bonds is 2. The molecule has 1 heterocycles. The molecule has 0 spiro atoms. The van der Waals surface area contributed by atoms with Crippen molar-refractivity contribution < 1.29 is 0 Å². The summed E-state index contributed by atoms with van der Waals surface area (Å²) in [5, 5.41) is 3.24. The Hall–Kier alpha value is -1.36. The monoisotopic (exact) mass is 176 g/mol. The van der Waals surface area contributed by atoms with E-state index in [0.717, 1.165) is 0 Å². The van der Waals surface area contributed by atoms with E-state index in [1.54, 1.807) is 0 Å². The van der Waals surface area contributed by atoms with Crippen LogP contribution in [-0.4, -0.2) is 11.1 Å². The normalized spacial score (nSPS) is 9.77. The molecule has 1 aromatic heterocycles. The van der Waals surface area contributed by atoms with E-state index in [1.165, 1.54) is 22.6 Å². The molecule has 70 valence electrons. The van der Waals surface area contributed by atoms with Crippen molar-refractivity contribution in [2.75, 3.05) is 11.9 Å². The van der Waals surface area contributed by atoms with E-state index in [4.69, 9.17) is 6.42 Å². The average Bonchev–Trinajstić information content (AvgIpc) is 2.30. The van der Waals surface area contributed by atoms with Crippen LogP contribution in [0.4, 0.5) is 5.69 Å². The van der Waals surface area contributed by atoms with Crippen molar-refractivity contribution in [3.8, 4) is 12.3 Å². The van der Waals surface area contributed by atoms with Gasteiger partial charge in [0.15, 0.2) is 0 Å². The Kier molecular flexibility index (Phi) is 2.67. The van der Waals surface area contributed by atoms with Gasteiger partial charge in [0.2, 0.25) is 0 Å². The highest BCUT2D eigenvalue weighted by atomic mass is 15.0. The van der Waals surface area contributed by atoms with Crippen LogP contribution >= 0.6 is 0 Å². The van der Waals surface area contributed by atoms with Crippen LogP contribution in [0, 0.1) is 33.1 Å². The third-order valence-electron chi connectivity index (χ3n) is 2.65. The van der Waals surface area contributed by atoms with Crippen molar-refractivity contribution in [3.05, 3.63) is 17.0 Å². The lowest BCUT2D eigenvalue weighted by Crippen LogP contribution is -2.00.